The Bertz CT molecular complexity index is 492. The van der Waals surface area contributed by atoms with Crippen molar-refractivity contribution >= 4 is 16.5 Å². The van der Waals surface area contributed by atoms with E-state index in [1.807, 2.05) is 18.4 Å². The molecule has 1 aromatic rings. The first-order valence-electron chi connectivity index (χ1n) is 8.77. The Morgan fingerprint density at radius 3 is 2.76 bits per heavy atom. The van der Waals surface area contributed by atoms with Crippen LogP contribution in [0.1, 0.15) is 67.9 Å². The Morgan fingerprint density at radius 1 is 1.14 bits per heavy atom. The predicted octanol–water partition coefficient (Wildman–Crippen LogP) is 3.90. The molecule has 1 saturated heterocycles. The van der Waals surface area contributed by atoms with Gasteiger partial charge in [0.2, 0.25) is 0 Å². The number of anilines is 1. The molecule has 1 N–H and O–H groups in total. The molecule has 0 spiro atoms. The lowest BCUT2D eigenvalue weighted by Crippen LogP contribution is -2.46. The van der Waals surface area contributed by atoms with E-state index in [0.717, 1.165) is 24.4 Å². The highest BCUT2D eigenvalue weighted by Gasteiger charge is 2.36. The van der Waals surface area contributed by atoms with Crippen molar-refractivity contribution in [2.75, 3.05) is 18.5 Å². The van der Waals surface area contributed by atoms with Crippen LogP contribution in [0.15, 0.2) is 0 Å². The highest BCUT2D eigenvalue weighted by atomic mass is 32.1. The fourth-order valence-corrected chi connectivity index (χ4v) is 5.54. The number of hydrogen-bond donors (Lipinski definition) is 1. The summed E-state index contributed by atoms with van der Waals surface area (Å²) in [4.78, 5) is 9.29. The molecule has 116 valence electrons. The molecule has 2 aliphatic carbocycles. The van der Waals surface area contributed by atoms with Crippen LogP contribution in [0.3, 0.4) is 0 Å². The SMILES string of the molecule is CNCc1sc(N2CCCC3CCCCC32)nc1C1CC1. The molecule has 3 nitrogen and oxygen atoms in total. The number of rotatable bonds is 4. The third kappa shape index (κ3) is 2.72. The monoisotopic (exact) mass is 305 g/mol. The van der Waals surface area contributed by atoms with Gasteiger partial charge in [-0.2, -0.15) is 0 Å². The zero-order valence-electron chi connectivity index (χ0n) is 13.1. The van der Waals surface area contributed by atoms with Gasteiger partial charge >= 0.3 is 0 Å². The maximum absolute atomic E-state index is 5.11. The maximum Gasteiger partial charge on any atom is 0.186 e. The van der Waals surface area contributed by atoms with Gasteiger partial charge in [0.1, 0.15) is 0 Å². The molecule has 4 rings (SSSR count). The quantitative estimate of drug-likeness (QED) is 0.914. The summed E-state index contributed by atoms with van der Waals surface area (Å²) in [5.74, 6) is 1.71. The van der Waals surface area contributed by atoms with E-state index in [1.165, 1.54) is 73.6 Å². The summed E-state index contributed by atoms with van der Waals surface area (Å²) in [7, 11) is 2.05. The predicted molar refractivity (Wildman–Crippen MR) is 89.2 cm³/mol. The Kier molecular flexibility index (Phi) is 3.92. The first-order valence-corrected chi connectivity index (χ1v) is 9.59. The van der Waals surface area contributed by atoms with Gasteiger partial charge in [-0.15, -0.1) is 11.3 Å². The third-order valence-corrected chi connectivity index (χ3v) is 6.61. The van der Waals surface area contributed by atoms with Gasteiger partial charge in [-0.3, -0.25) is 0 Å². The number of hydrogen-bond acceptors (Lipinski definition) is 4. The van der Waals surface area contributed by atoms with Crippen molar-refractivity contribution in [3.63, 3.8) is 0 Å². The van der Waals surface area contributed by atoms with E-state index in [1.54, 1.807) is 0 Å². The van der Waals surface area contributed by atoms with Gasteiger partial charge < -0.3 is 10.2 Å². The highest BCUT2D eigenvalue weighted by Crippen LogP contribution is 2.46. The number of piperidine rings is 1. The van der Waals surface area contributed by atoms with Crippen molar-refractivity contribution in [2.24, 2.45) is 5.92 Å². The molecule has 1 aliphatic heterocycles. The average molecular weight is 305 g/mol. The zero-order chi connectivity index (χ0) is 14.2. The minimum Gasteiger partial charge on any atom is -0.345 e. The molecule has 0 radical (unpaired) electrons. The van der Waals surface area contributed by atoms with Crippen molar-refractivity contribution < 1.29 is 0 Å². The lowest BCUT2D eigenvalue weighted by atomic mass is 9.78. The van der Waals surface area contributed by atoms with Gasteiger partial charge in [0.25, 0.3) is 0 Å². The first-order chi connectivity index (χ1) is 10.4. The number of thiazole rings is 1. The molecular weight excluding hydrogens is 278 g/mol. The van der Waals surface area contributed by atoms with E-state index >= 15 is 0 Å². The van der Waals surface area contributed by atoms with Gasteiger partial charge in [-0.05, 0) is 51.5 Å². The van der Waals surface area contributed by atoms with Crippen molar-refractivity contribution in [1.29, 1.82) is 0 Å². The van der Waals surface area contributed by atoms with Gasteiger partial charge in [0.15, 0.2) is 5.13 Å². The molecule has 3 aliphatic rings. The number of fused-ring (bicyclic) bond motifs is 1. The van der Waals surface area contributed by atoms with E-state index in [4.69, 9.17) is 4.98 Å². The Balaban J connectivity index is 1.60. The number of nitrogens with zero attached hydrogens (tertiary/aromatic N) is 2. The van der Waals surface area contributed by atoms with Crippen LogP contribution in [0.25, 0.3) is 0 Å². The summed E-state index contributed by atoms with van der Waals surface area (Å²) in [6.45, 7) is 2.23. The summed E-state index contributed by atoms with van der Waals surface area (Å²) in [6.07, 6.45) is 11.2. The first kappa shape index (κ1) is 14.0. The molecule has 2 unspecified atom stereocenters. The molecule has 2 heterocycles. The topological polar surface area (TPSA) is 28.2 Å². The van der Waals surface area contributed by atoms with Crippen LogP contribution in [0.2, 0.25) is 0 Å². The van der Waals surface area contributed by atoms with E-state index in [9.17, 15) is 0 Å². The van der Waals surface area contributed by atoms with E-state index in [0.29, 0.717) is 0 Å². The van der Waals surface area contributed by atoms with Crippen molar-refractivity contribution in [1.82, 2.24) is 10.3 Å². The molecule has 2 atom stereocenters. The zero-order valence-corrected chi connectivity index (χ0v) is 13.9. The van der Waals surface area contributed by atoms with Crippen LogP contribution < -0.4 is 10.2 Å². The second-order valence-electron chi connectivity index (χ2n) is 7.06. The summed E-state index contributed by atoms with van der Waals surface area (Å²) in [5.41, 5.74) is 1.42. The minimum atomic E-state index is 0.769. The van der Waals surface area contributed by atoms with E-state index in [2.05, 4.69) is 10.2 Å². The fraction of sp³-hybridized carbons (Fsp3) is 0.824. The van der Waals surface area contributed by atoms with Crippen LogP contribution in [0.5, 0.6) is 0 Å². The molecule has 4 heteroatoms. The van der Waals surface area contributed by atoms with E-state index in [-0.39, 0.29) is 0 Å². The van der Waals surface area contributed by atoms with Crippen molar-refractivity contribution in [3.05, 3.63) is 10.6 Å². The molecule has 2 saturated carbocycles. The van der Waals surface area contributed by atoms with Crippen LogP contribution >= 0.6 is 11.3 Å². The number of aromatic nitrogens is 1. The molecule has 0 aromatic carbocycles. The number of nitrogens with one attached hydrogen (secondary N) is 1. The van der Waals surface area contributed by atoms with Gasteiger partial charge in [-0.1, -0.05) is 12.8 Å². The van der Waals surface area contributed by atoms with Crippen LogP contribution in [-0.4, -0.2) is 24.6 Å². The summed E-state index contributed by atoms with van der Waals surface area (Å²) in [5, 5.41) is 4.66. The van der Waals surface area contributed by atoms with E-state index < -0.39 is 0 Å². The second kappa shape index (κ2) is 5.88. The Labute approximate surface area is 132 Å². The third-order valence-electron chi connectivity index (χ3n) is 5.51. The summed E-state index contributed by atoms with van der Waals surface area (Å²) in [6, 6.07) is 0.785. The van der Waals surface area contributed by atoms with Crippen molar-refractivity contribution in [3.8, 4) is 0 Å². The maximum atomic E-state index is 5.11. The minimum absolute atomic E-state index is 0.769. The van der Waals surface area contributed by atoms with Crippen molar-refractivity contribution in [2.45, 2.75) is 69.9 Å². The second-order valence-corrected chi connectivity index (χ2v) is 8.12. The Hall–Kier alpha value is -0.610. The molecule has 1 aromatic heterocycles. The standard InChI is InChI=1S/C17H27N3S/c1-18-11-15-16(13-8-9-13)19-17(21-15)20-10-4-6-12-5-2-3-7-14(12)20/h12-14,18H,2-11H2,1H3. The summed E-state index contributed by atoms with van der Waals surface area (Å²) >= 11 is 1.97. The average Bonchev–Trinajstić information content (AvgIpc) is 3.28. The fourth-order valence-electron chi connectivity index (χ4n) is 4.30. The summed E-state index contributed by atoms with van der Waals surface area (Å²) < 4.78 is 0. The molecular formula is C17H27N3S. The van der Waals surface area contributed by atoms with Crippen LogP contribution in [0.4, 0.5) is 5.13 Å². The highest BCUT2D eigenvalue weighted by molar-refractivity contribution is 7.15. The van der Waals surface area contributed by atoms with Crippen LogP contribution in [-0.2, 0) is 6.54 Å². The molecule has 3 fully saturated rings. The molecule has 0 bridgehead atoms. The lowest BCUT2D eigenvalue weighted by Gasteiger charge is -2.44. The van der Waals surface area contributed by atoms with Crippen LogP contribution in [0, 0.1) is 5.92 Å². The molecule has 0 amide bonds. The Morgan fingerprint density at radius 2 is 1.95 bits per heavy atom. The van der Waals surface area contributed by atoms with Gasteiger partial charge in [0, 0.05) is 29.9 Å². The van der Waals surface area contributed by atoms with Gasteiger partial charge in [-0.25, -0.2) is 4.98 Å². The largest absolute Gasteiger partial charge is 0.345 e. The normalized spacial score (nSPS) is 29.5. The lowest BCUT2D eigenvalue weighted by molar-refractivity contribution is 0.243. The smallest absolute Gasteiger partial charge is 0.186 e. The molecule has 21 heavy (non-hydrogen) atoms. The van der Waals surface area contributed by atoms with Gasteiger partial charge in [0.05, 0.1) is 5.69 Å².